The van der Waals surface area contributed by atoms with Gasteiger partial charge in [-0.15, -0.1) is 0 Å². The number of fused-ring (bicyclic) bond motifs is 2. The molecule has 0 atom stereocenters. The van der Waals surface area contributed by atoms with Gasteiger partial charge >= 0.3 is 0 Å². The fraction of sp³-hybridized carbons (Fsp3) is 0. The predicted octanol–water partition coefficient (Wildman–Crippen LogP) is 3.04. The maximum atomic E-state index is 11.1. The molecule has 0 fully saturated rings. The molecular formula is C20H18N2O7S2. The van der Waals surface area contributed by atoms with Gasteiger partial charge in [0.05, 0.1) is 5.69 Å². The summed E-state index contributed by atoms with van der Waals surface area (Å²) in [4.78, 5) is -0.425. The van der Waals surface area contributed by atoms with Crippen LogP contribution in [0.3, 0.4) is 0 Å². The molecule has 0 heterocycles. The molecule has 0 unspecified atom stereocenters. The topological polar surface area (TPSA) is 181 Å². The Labute approximate surface area is 178 Å². The van der Waals surface area contributed by atoms with Crippen LogP contribution in [0.1, 0.15) is 0 Å². The minimum absolute atomic E-state index is 0.0914. The van der Waals surface area contributed by atoms with E-state index in [4.69, 9.17) is 20.6 Å². The highest BCUT2D eigenvalue weighted by Crippen LogP contribution is 2.35. The van der Waals surface area contributed by atoms with Crippen LogP contribution in [0.2, 0.25) is 0 Å². The maximum Gasteiger partial charge on any atom is 0.295 e. The zero-order valence-electron chi connectivity index (χ0n) is 15.8. The molecule has 0 aliphatic carbocycles. The van der Waals surface area contributed by atoms with Crippen molar-refractivity contribution < 1.29 is 31.0 Å². The van der Waals surface area contributed by atoms with E-state index in [1.54, 1.807) is 36.4 Å². The van der Waals surface area contributed by atoms with Gasteiger partial charge in [-0.25, -0.2) is 0 Å². The Bertz CT molecular complexity index is 1520. The van der Waals surface area contributed by atoms with Crippen molar-refractivity contribution in [3.63, 3.8) is 0 Å². The average molecular weight is 463 g/mol. The molecule has 4 rings (SSSR count). The minimum atomic E-state index is -4.36. The first-order valence-corrected chi connectivity index (χ1v) is 11.5. The van der Waals surface area contributed by atoms with E-state index in [0.29, 0.717) is 16.5 Å². The predicted molar refractivity (Wildman–Crippen MR) is 118 cm³/mol. The Hall–Kier alpha value is -3.38. The first-order chi connectivity index (χ1) is 14.4. The molecule has 0 aliphatic heterocycles. The van der Waals surface area contributed by atoms with Gasteiger partial charge in [0.1, 0.15) is 15.5 Å². The molecule has 0 saturated heterocycles. The third kappa shape index (κ3) is 4.54. The first-order valence-electron chi connectivity index (χ1n) is 8.63. The summed E-state index contributed by atoms with van der Waals surface area (Å²) in [6.07, 6.45) is 0. The van der Waals surface area contributed by atoms with Crippen LogP contribution in [0, 0.1) is 0 Å². The summed E-state index contributed by atoms with van der Waals surface area (Å²) in [6, 6.07) is 16.8. The van der Waals surface area contributed by atoms with Crippen molar-refractivity contribution in [2.24, 2.45) is 0 Å². The smallest absolute Gasteiger partial charge is 0.295 e. The molecule has 0 spiro atoms. The zero-order valence-corrected chi connectivity index (χ0v) is 17.4. The third-order valence-electron chi connectivity index (χ3n) is 4.48. The lowest BCUT2D eigenvalue weighted by atomic mass is 10.1. The largest absolute Gasteiger partial charge is 0.505 e. The van der Waals surface area contributed by atoms with Crippen molar-refractivity contribution >= 4 is 53.2 Å². The van der Waals surface area contributed by atoms with E-state index >= 15 is 0 Å². The second kappa shape index (κ2) is 8.04. The Kier molecular flexibility index (Phi) is 5.79. The van der Waals surface area contributed by atoms with Crippen LogP contribution in [-0.4, -0.2) is 31.0 Å². The molecule has 9 nitrogen and oxygen atoms in total. The molecular weight excluding hydrogens is 444 g/mol. The molecule has 4 aromatic carbocycles. The molecule has 0 radical (unpaired) electrons. The van der Waals surface area contributed by atoms with Gasteiger partial charge in [0, 0.05) is 27.2 Å². The molecule has 0 aliphatic rings. The second-order valence-electron chi connectivity index (χ2n) is 6.51. The Morgan fingerprint density at radius 1 is 0.581 bits per heavy atom. The van der Waals surface area contributed by atoms with E-state index in [9.17, 15) is 21.9 Å². The van der Waals surface area contributed by atoms with E-state index in [-0.39, 0.29) is 32.0 Å². The molecule has 31 heavy (non-hydrogen) atoms. The van der Waals surface area contributed by atoms with E-state index in [1.807, 2.05) is 0 Å². The average Bonchev–Trinajstić information content (AvgIpc) is 2.70. The standard InChI is InChI=1S/C10H9NO4S.C10H9NO3S/c11-8-5-9(16(13,14)15)6-3-1-2-4-7(6)10(8)12;11-9-5-6-10(15(12,13)14)8-4-2-1-3-7(8)9/h1-5,12H,11H2,(H,13,14,15);1-6H,11H2,(H,12,13,14). The van der Waals surface area contributed by atoms with Crippen molar-refractivity contribution in [2.45, 2.75) is 9.79 Å². The highest BCUT2D eigenvalue weighted by Gasteiger charge is 2.18. The summed E-state index contributed by atoms with van der Waals surface area (Å²) < 4.78 is 62.4. The number of rotatable bonds is 2. The van der Waals surface area contributed by atoms with Gasteiger partial charge in [0.2, 0.25) is 0 Å². The van der Waals surface area contributed by atoms with Crippen LogP contribution in [0.4, 0.5) is 11.4 Å². The Morgan fingerprint density at radius 2 is 1.03 bits per heavy atom. The SMILES string of the molecule is Nc1cc(S(=O)(=O)O)c2ccccc2c1O.Nc1ccc(S(=O)(=O)O)c2ccccc12. The van der Waals surface area contributed by atoms with Gasteiger partial charge in [-0.1, -0.05) is 48.5 Å². The van der Waals surface area contributed by atoms with Crippen LogP contribution in [0.15, 0.2) is 76.5 Å². The minimum Gasteiger partial charge on any atom is -0.505 e. The normalized spacial score (nSPS) is 11.8. The van der Waals surface area contributed by atoms with Crippen molar-refractivity contribution in [2.75, 3.05) is 11.5 Å². The third-order valence-corrected chi connectivity index (χ3v) is 6.29. The summed E-state index contributed by atoms with van der Waals surface area (Å²) in [5, 5.41) is 11.2. The number of aromatic hydroxyl groups is 1. The molecule has 0 aromatic heterocycles. The number of phenols is 1. The number of nitrogen functional groups attached to an aromatic ring is 2. The number of hydrogen-bond acceptors (Lipinski definition) is 7. The van der Waals surface area contributed by atoms with E-state index in [1.165, 1.54) is 24.3 Å². The van der Waals surface area contributed by atoms with Crippen LogP contribution < -0.4 is 11.5 Å². The molecule has 162 valence electrons. The van der Waals surface area contributed by atoms with Gasteiger partial charge < -0.3 is 16.6 Å². The van der Waals surface area contributed by atoms with Gasteiger partial charge in [-0.05, 0) is 18.2 Å². The molecule has 11 heteroatoms. The number of nitrogens with two attached hydrogens (primary N) is 2. The van der Waals surface area contributed by atoms with Crippen LogP contribution in [0.25, 0.3) is 21.5 Å². The van der Waals surface area contributed by atoms with E-state index in [2.05, 4.69) is 0 Å². The monoisotopic (exact) mass is 462 g/mol. The molecule has 4 aromatic rings. The first kappa shape index (κ1) is 22.3. The number of benzene rings is 4. The molecule has 0 amide bonds. The van der Waals surface area contributed by atoms with Crippen molar-refractivity contribution in [1.29, 1.82) is 0 Å². The van der Waals surface area contributed by atoms with E-state index in [0.717, 1.165) is 6.07 Å². The summed E-state index contributed by atoms with van der Waals surface area (Å²) in [6.45, 7) is 0. The van der Waals surface area contributed by atoms with Crippen molar-refractivity contribution in [3.05, 3.63) is 66.7 Å². The van der Waals surface area contributed by atoms with Gasteiger partial charge in [-0.3, -0.25) is 9.11 Å². The molecule has 7 N–H and O–H groups in total. The lowest BCUT2D eigenvalue weighted by Gasteiger charge is -2.08. The number of phenolic OH excluding ortho intramolecular Hbond substituents is 1. The summed E-state index contributed by atoms with van der Waals surface area (Å²) in [7, 11) is -8.56. The van der Waals surface area contributed by atoms with Gasteiger partial charge in [0.15, 0.2) is 0 Å². The highest BCUT2D eigenvalue weighted by atomic mass is 32.2. The van der Waals surface area contributed by atoms with Crippen molar-refractivity contribution in [1.82, 2.24) is 0 Å². The number of anilines is 2. The summed E-state index contributed by atoms with van der Waals surface area (Å²) in [5.41, 5.74) is 11.5. The fourth-order valence-electron chi connectivity index (χ4n) is 3.08. The van der Waals surface area contributed by atoms with Gasteiger partial charge in [-0.2, -0.15) is 16.8 Å². The molecule has 0 bridgehead atoms. The lowest BCUT2D eigenvalue weighted by molar-refractivity contribution is 0.479. The zero-order chi connectivity index (χ0) is 23.0. The van der Waals surface area contributed by atoms with E-state index < -0.39 is 20.2 Å². The lowest BCUT2D eigenvalue weighted by Crippen LogP contribution is -2.01. The quantitative estimate of drug-likeness (QED) is 0.170. The molecule has 0 saturated carbocycles. The maximum absolute atomic E-state index is 11.1. The highest BCUT2D eigenvalue weighted by molar-refractivity contribution is 7.86. The van der Waals surface area contributed by atoms with Crippen LogP contribution >= 0.6 is 0 Å². The summed E-state index contributed by atoms with van der Waals surface area (Å²) in [5.74, 6) is -0.192. The van der Waals surface area contributed by atoms with Crippen LogP contribution in [0.5, 0.6) is 5.75 Å². The number of hydrogen-bond donors (Lipinski definition) is 5. The Balaban J connectivity index is 0.000000176. The second-order valence-corrected chi connectivity index (χ2v) is 9.29. The van der Waals surface area contributed by atoms with Crippen LogP contribution in [-0.2, 0) is 20.2 Å². The summed E-state index contributed by atoms with van der Waals surface area (Å²) >= 11 is 0. The fourth-order valence-corrected chi connectivity index (χ4v) is 4.51. The van der Waals surface area contributed by atoms with Crippen molar-refractivity contribution in [3.8, 4) is 5.75 Å². The van der Waals surface area contributed by atoms with Gasteiger partial charge in [0.25, 0.3) is 20.2 Å². The Morgan fingerprint density at radius 3 is 1.55 bits per heavy atom.